The lowest BCUT2D eigenvalue weighted by Crippen LogP contribution is -2.42. The first kappa shape index (κ1) is 10.6. The molecule has 0 aliphatic carbocycles. The van der Waals surface area contributed by atoms with Crippen molar-refractivity contribution in [3.8, 4) is 0 Å². The van der Waals surface area contributed by atoms with E-state index >= 15 is 0 Å². The number of nitrogens with zero attached hydrogens (tertiary/aromatic N) is 1. The molecule has 2 aromatic rings. The summed E-state index contributed by atoms with van der Waals surface area (Å²) in [5, 5.41) is 10.8. The Morgan fingerprint density at radius 1 is 1.38 bits per heavy atom. The second-order valence-electron chi connectivity index (χ2n) is 3.89. The molecule has 0 saturated carbocycles. The monoisotopic (exact) mass is 216 g/mol. The predicted octanol–water partition coefficient (Wildman–Crippen LogP) is 1.49. The summed E-state index contributed by atoms with van der Waals surface area (Å²) in [5.74, 6) is -1.09. The molecule has 0 fully saturated rings. The van der Waals surface area contributed by atoms with Crippen LogP contribution in [0, 0.1) is 0 Å². The van der Waals surface area contributed by atoms with E-state index in [-0.39, 0.29) is 0 Å². The Balaban J connectivity index is 2.74. The second kappa shape index (κ2) is 3.57. The van der Waals surface area contributed by atoms with Crippen LogP contribution < -0.4 is 5.73 Å². The van der Waals surface area contributed by atoms with E-state index in [0.717, 1.165) is 10.8 Å². The Labute approximate surface area is 92.7 Å². The number of carboxylic acid groups (broad SMARTS) is 1. The normalized spacial score (nSPS) is 14.6. The minimum absolute atomic E-state index is 0.387. The van der Waals surface area contributed by atoms with Crippen molar-refractivity contribution in [3.05, 3.63) is 42.2 Å². The fraction of sp³-hybridized carbons (Fsp3) is 0.167. The number of rotatable bonds is 2. The smallest absolute Gasteiger partial charge is 0.329 e. The number of pyridine rings is 1. The molecular weight excluding hydrogens is 204 g/mol. The van der Waals surface area contributed by atoms with Gasteiger partial charge in [0.1, 0.15) is 0 Å². The summed E-state index contributed by atoms with van der Waals surface area (Å²) in [7, 11) is 0. The molecule has 1 heterocycles. The van der Waals surface area contributed by atoms with E-state index in [0.29, 0.717) is 5.69 Å². The number of carboxylic acids is 1. The number of hydrogen-bond acceptors (Lipinski definition) is 3. The lowest BCUT2D eigenvalue weighted by atomic mass is 9.94. The Bertz CT molecular complexity index is 544. The lowest BCUT2D eigenvalue weighted by molar-refractivity contribution is -0.143. The third kappa shape index (κ3) is 1.53. The van der Waals surface area contributed by atoms with E-state index in [9.17, 15) is 4.79 Å². The van der Waals surface area contributed by atoms with Crippen LogP contribution in [0.3, 0.4) is 0 Å². The summed E-state index contributed by atoms with van der Waals surface area (Å²) in [5.41, 5.74) is 4.70. The zero-order valence-electron chi connectivity index (χ0n) is 8.84. The Morgan fingerprint density at radius 2 is 2.06 bits per heavy atom. The summed E-state index contributed by atoms with van der Waals surface area (Å²) in [4.78, 5) is 15.2. The SMILES string of the molecule is CC(N)(C(=O)O)c1nccc2ccccc12. The van der Waals surface area contributed by atoms with Crippen LogP contribution >= 0.6 is 0 Å². The van der Waals surface area contributed by atoms with Gasteiger partial charge in [0.15, 0.2) is 5.54 Å². The fourth-order valence-electron chi connectivity index (χ4n) is 1.63. The van der Waals surface area contributed by atoms with E-state index in [1.54, 1.807) is 6.20 Å². The predicted molar refractivity (Wildman–Crippen MR) is 60.9 cm³/mol. The molecule has 3 N–H and O–H groups in total. The molecule has 0 aliphatic rings. The summed E-state index contributed by atoms with van der Waals surface area (Å²) in [6.45, 7) is 1.45. The zero-order valence-corrected chi connectivity index (χ0v) is 8.84. The maximum Gasteiger partial charge on any atom is 0.329 e. The van der Waals surface area contributed by atoms with Gasteiger partial charge < -0.3 is 10.8 Å². The Morgan fingerprint density at radius 3 is 2.75 bits per heavy atom. The van der Waals surface area contributed by atoms with Crippen molar-refractivity contribution in [2.24, 2.45) is 5.73 Å². The van der Waals surface area contributed by atoms with Gasteiger partial charge in [-0.3, -0.25) is 4.98 Å². The molecule has 0 radical (unpaired) electrons. The first-order valence-corrected chi connectivity index (χ1v) is 4.90. The van der Waals surface area contributed by atoms with Crippen molar-refractivity contribution in [3.63, 3.8) is 0 Å². The topological polar surface area (TPSA) is 76.2 Å². The maximum absolute atomic E-state index is 11.1. The number of benzene rings is 1. The lowest BCUT2D eigenvalue weighted by Gasteiger charge is -2.20. The fourth-order valence-corrected chi connectivity index (χ4v) is 1.63. The maximum atomic E-state index is 11.1. The molecular formula is C12H12N2O2. The van der Waals surface area contributed by atoms with E-state index in [1.165, 1.54) is 6.92 Å². The number of aliphatic carboxylic acids is 1. The van der Waals surface area contributed by atoms with Gasteiger partial charge in [0.05, 0.1) is 5.69 Å². The molecule has 1 aromatic carbocycles. The summed E-state index contributed by atoms with van der Waals surface area (Å²) in [6, 6.07) is 9.28. The van der Waals surface area contributed by atoms with Gasteiger partial charge in [-0.2, -0.15) is 0 Å². The van der Waals surface area contributed by atoms with Crippen LogP contribution in [0.15, 0.2) is 36.5 Å². The van der Waals surface area contributed by atoms with Gasteiger partial charge in [-0.15, -0.1) is 0 Å². The molecule has 0 aliphatic heterocycles. The molecule has 1 atom stereocenters. The van der Waals surface area contributed by atoms with Crippen LogP contribution in [0.4, 0.5) is 0 Å². The molecule has 0 bridgehead atoms. The van der Waals surface area contributed by atoms with Gasteiger partial charge >= 0.3 is 5.97 Å². The van der Waals surface area contributed by atoms with Crippen LogP contribution in [0.2, 0.25) is 0 Å². The quantitative estimate of drug-likeness (QED) is 0.797. The molecule has 1 aromatic heterocycles. The van der Waals surface area contributed by atoms with Gasteiger partial charge in [0, 0.05) is 11.6 Å². The highest BCUT2D eigenvalue weighted by molar-refractivity contribution is 5.90. The van der Waals surface area contributed by atoms with Crippen LogP contribution in [-0.2, 0) is 10.3 Å². The molecule has 0 spiro atoms. The first-order chi connectivity index (χ1) is 7.53. The largest absolute Gasteiger partial charge is 0.480 e. The van der Waals surface area contributed by atoms with E-state index < -0.39 is 11.5 Å². The average molecular weight is 216 g/mol. The first-order valence-electron chi connectivity index (χ1n) is 4.90. The van der Waals surface area contributed by atoms with Gasteiger partial charge in [0.2, 0.25) is 0 Å². The minimum atomic E-state index is -1.47. The highest BCUT2D eigenvalue weighted by atomic mass is 16.4. The second-order valence-corrected chi connectivity index (χ2v) is 3.89. The van der Waals surface area contributed by atoms with E-state index in [1.807, 2.05) is 30.3 Å². The van der Waals surface area contributed by atoms with Crippen LogP contribution in [-0.4, -0.2) is 16.1 Å². The van der Waals surface area contributed by atoms with Gasteiger partial charge in [-0.1, -0.05) is 24.3 Å². The Hall–Kier alpha value is -1.94. The molecule has 16 heavy (non-hydrogen) atoms. The zero-order chi connectivity index (χ0) is 11.8. The van der Waals surface area contributed by atoms with Gasteiger partial charge in [0.25, 0.3) is 0 Å². The van der Waals surface area contributed by atoms with E-state index in [4.69, 9.17) is 10.8 Å². The Kier molecular flexibility index (Phi) is 2.36. The number of nitrogens with two attached hydrogens (primary N) is 1. The molecule has 82 valence electrons. The average Bonchev–Trinajstić information content (AvgIpc) is 2.28. The third-order valence-corrected chi connectivity index (χ3v) is 2.61. The van der Waals surface area contributed by atoms with E-state index in [2.05, 4.69) is 4.98 Å². The van der Waals surface area contributed by atoms with Crippen molar-refractivity contribution in [1.82, 2.24) is 4.98 Å². The minimum Gasteiger partial charge on any atom is -0.480 e. The number of carbonyl (C=O) groups is 1. The number of fused-ring (bicyclic) bond motifs is 1. The van der Waals surface area contributed by atoms with Gasteiger partial charge in [-0.05, 0) is 18.4 Å². The third-order valence-electron chi connectivity index (χ3n) is 2.61. The van der Waals surface area contributed by atoms with Crippen LogP contribution in [0.1, 0.15) is 12.6 Å². The standard InChI is InChI=1S/C12H12N2O2/c1-12(13,11(15)16)10-9-5-3-2-4-8(9)6-7-14-10/h2-7H,13H2,1H3,(H,15,16). The molecule has 0 amide bonds. The van der Waals surface area contributed by atoms with Crippen molar-refractivity contribution < 1.29 is 9.90 Å². The summed E-state index contributed by atoms with van der Waals surface area (Å²) in [6.07, 6.45) is 1.58. The van der Waals surface area contributed by atoms with Crippen molar-refractivity contribution in [2.45, 2.75) is 12.5 Å². The molecule has 2 rings (SSSR count). The number of hydrogen-bond donors (Lipinski definition) is 2. The molecule has 0 saturated heterocycles. The number of aromatic nitrogens is 1. The van der Waals surface area contributed by atoms with Crippen molar-refractivity contribution >= 4 is 16.7 Å². The van der Waals surface area contributed by atoms with Crippen LogP contribution in [0.5, 0.6) is 0 Å². The highest BCUT2D eigenvalue weighted by Crippen LogP contribution is 2.24. The summed E-state index contributed by atoms with van der Waals surface area (Å²) >= 11 is 0. The summed E-state index contributed by atoms with van der Waals surface area (Å²) < 4.78 is 0. The van der Waals surface area contributed by atoms with Crippen LogP contribution in [0.25, 0.3) is 10.8 Å². The van der Waals surface area contributed by atoms with Gasteiger partial charge in [-0.25, -0.2) is 4.79 Å². The van der Waals surface area contributed by atoms with Crippen molar-refractivity contribution in [1.29, 1.82) is 0 Å². The molecule has 4 heteroatoms. The molecule has 4 nitrogen and oxygen atoms in total. The highest BCUT2D eigenvalue weighted by Gasteiger charge is 2.33. The van der Waals surface area contributed by atoms with Crippen molar-refractivity contribution in [2.75, 3.05) is 0 Å². The molecule has 1 unspecified atom stereocenters.